The van der Waals surface area contributed by atoms with Crippen LogP contribution in [0.5, 0.6) is 0 Å². The third-order valence-electron chi connectivity index (χ3n) is 3.72. The average molecular weight is 339 g/mol. The summed E-state index contributed by atoms with van der Waals surface area (Å²) < 4.78 is 1.83. The number of hydrogen-bond acceptors (Lipinski definition) is 3. The van der Waals surface area contributed by atoms with E-state index < -0.39 is 0 Å². The minimum atomic E-state index is 0.0215. The molecule has 5 heteroatoms. The van der Waals surface area contributed by atoms with Crippen LogP contribution >= 0.6 is 11.3 Å². The van der Waals surface area contributed by atoms with Gasteiger partial charge in [-0.25, -0.2) is 0 Å². The van der Waals surface area contributed by atoms with Crippen molar-refractivity contribution in [3.63, 3.8) is 0 Å². The molecule has 0 saturated carbocycles. The number of carbonyl (C=O) groups excluding carboxylic acids is 1. The number of aryl methyl sites for hydroxylation is 2. The van der Waals surface area contributed by atoms with E-state index in [2.05, 4.69) is 41.6 Å². The maximum absolute atomic E-state index is 12.0. The number of aromatic nitrogens is 2. The molecule has 3 aromatic rings. The number of amides is 1. The van der Waals surface area contributed by atoms with E-state index in [9.17, 15) is 4.79 Å². The van der Waals surface area contributed by atoms with E-state index in [0.717, 1.165) is 12.8 Å². The molecule has 24 heavy (non-hydrogen) atoms. The highest BCUT2D eigenvalue weighted by atomic mass is 32.1. The van der Waals surface area contributed by atoms with Crippen LogP contribution in [0.4, 0.5) is 5.82 Å². The molecule has 1 N–H and O–H groups in total. The summed E-state index contributed by atoms with van der Waals surface area (Å²) in [7, 11) is 0. The predicted octanol–water partition coefficient (Wildman–Crippen LogP) is 4.26. The molecule has 0 radical (unpaired) electrons. The molecule has 0 fully saturated rings. The van der Waals surface area contributed by atoms with Gasteiger partial charge in [-0.05, 0) is 37.5 Å². The second-order valence-corrected chi connectivity index (χ2v) is 7.17. The third-order valence-corrected chi connectivity index (χ3v) is 4.78. The molecule has 0 aliphatic heterocycles. The van der Waals surface area contributed by atoms with Gasteiger partial charge < -0.3 is 5.32 Å². The molecular weight excluding hydrogens is 318 g/mol. The Balaban J connectivity index is 1.44. The Morgan fingerprint density at radius 2 is 2.00 bits per heavy atom. The zero-order chi connectivity index (χ0) is 16.8. The van der Waals surface area contributed by atoms with E-state index in [4.69, 9.17) is 0 Å². The van der Waals surface area contributed by atoms with Gasteiger partial charge in [-0.1, -0.05) is 30.3 Å². The van der Waals surface area contributed by atoms with Gasteiger partial charge in [0.15, 0.2) is 5.82 Å². The first-order chi connectivity index (χ1) is 11.7. The molecule has 0 aliphatic rings. The summed E-state index contributed by atoms with van der Waals surface area (Å²) in [5.41, 5.74) is 1.18. The maximum atomic E-state index is 12.0. The first-order valence-electron chi connectivity index (χ1n) is 8.11. The molecule has 0 saturated heterocycles. The van der Waals surface area contributed by atoms with E-state index in [0.29, 0.717) is 18.8 Å². The Morgan fingerprint density at radius 1 is 1.17 bits per heavy atom. The molecule has 4 nitrogen and oxygen atoms in total. The van der Waals surface area contributed by atoms with Crippen molar-refractivity contribution in [2.75, 3.05) is 5.32 Å². The summed E-state index contributed by atoms with van der Waals surface area (Å²) in [6, 6.07) is 16.2. The molecular formula is C19H21N3OS. The van der Waals surface area contributed by atoms with Gasteiger partial charge in [0.2, 0.25) is 5.91 Å². The lowest BCUT2D eigenvalue weighted by Crippen LogP contribution is -2.12. The van der Waals surface area contributed by atoms with Crippen molar-refractivity contribution < 1.29 is 4.79 Å². The van der Waals surface area contributed by atoms with E-state index in [1.165, 1.54) is 15.3 Å². The highest BCUT2D eigenvalue weighted by Gasteiger charge is 2.06. The summed E-state index contributed by atoms with van der Waals surface area (Å²) >= 11 is 1.80. The van der Waals surface area contributed by atoms with E-state index in [1.54, 1.807) is 11.3 Å². The molecule has 2 aromatic heterocycles. The summed E-state index contributed by atoms with van der Waals surface area (Å²) in [6.45, 7) is 2.81. The molecule has 124 valence electrons. The van der Waals surface area contributed by atoms with Crippen molar-refractivity contribution in [3.05, 3.63) is 70.0 Å². The maximum Gasteiger partial charge on any atom is 0.225 e. The average Bonchev–Trinajstić information content (AvgIpc) is 3.17. The van der Waals surface area contributed by atoms with Crippen molar-refractivity contribution in [2.24, 2.45) is 0 Å². The predicted molar refractivity (Wildman–Crippen MR) is 98.4 cm³/mol. The number of anilines is 1. The van der Waals surface area contributed by atoms with E-state index >= 15 is 0 Å². The quantitative estimate of drug-likeness (QED) is 0.699. The summed E-state index contributed by atoms with van der Waals surface area (Å²) in [5.74, 6) is 0.635. The minimum absolute atomic E-state index is 0.0215. The van der Waals surface area contributed by atoms with E-state index in [-0.39, 0.29) is 5.91 Å². The van der Waals surface area contributed by atoms with Crippen LogP contribution in [0, 0.1) is 6.92 Å². The summed E-state index contributed by atoms with van der Waals surface area (Å²) in [4.78, 5) is 14.7. The third kappa shape index (κ3) is 4.80. The highest BCUT2D eigenvalue weighted by molar-refractivity contribution is 7.11. The number of rotatable bonds is 7. The molecule has 0 spiro atoms. The SMILES string of the molecule is Cc1ccc(CCCC(=O)Nc2ccn(Cc3ccccc3)n2)s1. The van der Waals surface area contributed by atoms with Crippen LogP contribution < -0.4 is 5.32 Å². The van der Waals surface area contributed by atoms with Crippen molar-refractivity contribution in [2.45, 2.75) is 32.7 Å². The lowest BCUT2D eigenvalue weighted by atomic mass is 10.2. The van der Waals surface area contributed by atoms with Crippen molar-refractivity contribution in [1.82, 2.24) is 9.78 Å². The van der Waals surface area contributed by atoms with Crippen molar-refractivity contribution in [1.29, 1.82) is 0 Å². The molecule has 1 aromatic carbocycles. The largest absolute Gasteiger partial charge is 0.309 e. The van der Waals surface area contributed by atoms with Gasteiger partial charge in [0, 0.05) is 28.4 Å². The van der Waals surface area contributed by atoms with Gasteiger partial charge in [-0.3, -0.25) is 9.48 Å². The number of thiophene rings is 1. The van der Waals surface area contributed by atoms with Crippen molar-refractivity contribution in [3.8, 4) is 0 Å². The van der Waals surface area contributed by atoms with Gasteiger partial charge in [0.1, 0.15) is 0 Å². The fourth-order valence-electron chi connectivity index (χ4n) is 2.53. The Morgan fingerprint density at radius 3 is 2.75 bits per heavy atom. The molecule has 2 heterocycles. The molecule has 0 unspecified atom stereocenters. The zero-order valence-electron chi connectivity index (χ0n) is 13.7. The first kappa shape index (κ1) is 16.5. The molecule has 1 amide bonds. The zero-order valence-corrected chi connectivity index (χ0v) is 14.6. The molecule has 0 atom stereocenters. The van der Waals surface area contributed by atoms with E-state index in [1.807, 2.05) is 35.1 Å². The fraction of sp³-hybridized carbons (Fsp3) is 0.263. The minimum Gasteiger partial charge on any atom is -0.309 e. The van der Waals surface area contributed by atoms with Gasteiger partial charge >= 0.3 is 0 Å². The Hall–Kier alpha value is -2.40. The van der Waals surface area contributed by atoms with Gasteiger partial charge in [-0.2, -0.15) is 5.10 Å². The molecule has 3 rings (SSSR count). The van der Waals surface area contributed by atoms with Gasteiger partial charge in [0.25, 0.3) is 0 Å². The topological polar surface area (TPSA) is 46.9 Å². The molecule has 0 bridgehead atoms. The Bertz CT molecular complexity index is 792. The number of benzene rings is 1. The van der Waals surface area contributed by atoms with Crippen LogP contribution in [-0.2, 0) is 17.8 Å². The first-order valence-corrected chi connectivity index (χ1v) is 8.93. The van der Waals surface area contributed by atoms with Crippen LogP contribution in [0.15, 0.2) is 54.7 Å². The Labute approximate surface area is 146 Å². The number of carbonyl (C=O) groups is 1. The van der Waals surface area contributed by atoms with Crippen LogP contribution in [-0.4, -0.2) is 15.7 Å². The van der Waals surface area contributed by atoms with Crippen LogP contribution in [0.2, 0.25) is 0 Å². The Kier molecular flexibility index (Phi) is 5.43. The lowest BCUT2D eigenvalue weighted by molar-refractivity contribution is -0.116. The van der Waals surface area contributed by atoms with Crippen molar-refractivity contribution >= 4 is 23.1 Å². The molecule has 0 aliphatic carbocycles. The summed E-state index contributed by atoms with van der Waals surface area (Å²) in [5, 5.41) is 7.27. The smallest absolute Gasteiger partial charge is 0.225 e. The van der Waals surface area contributed by atoms with Crippen LogP contribution in [0.25, 0.3) is 0 Å². The van der Waals surface area contributed by atoms with Gasteiger partial charge in [0.05, 0.1) is 6.54 Å². The lowest BCUT2D eigenvalue weighted by Gasteiger charge is -2.03. The highest BCUT2D eigenvalue weighted by Crippen LogP contribution is 2.17. The normalized spacial score (nSPS) is 10.7. The number of nitrogens with zero attached hydrogens (tertiary/aromatic N) is 2. The number of hydrogen-bond donors (Lipinski definition) is 1. The van der Waals surface area contributed by atoms with Crippen LogP contribution in [0.3, 0.4) is 0 Å². The van der Waals surface area contributed by atoms with Crippen LogP contribution in [0.1, 0.15) is 28.2 Å². The fourth-order valence-corrected chi connectivity index (χ4v) is 3.47. The number of nitrogens with one attached hydrogen (secondary N) is 1. The second kappa shape index (κ2) is 7.93. The second-order valence-electron chi connectivity index (χ2n) is 5.80. The monoisotopic (exact) mass is 339 g/mol. The van der Waals surface area contributed by atoms with Gasteiger partial charge in [-0.15, -0.1) is 11.3 Å². The standard InChI is InChI=1S/C19H21N3OS/c1-15-10-11-17(24-15)8-5-9-19(23)20-18-12-13-22(21-18)14-16-6-3-2-4-7-16/h2-4,6-7,10-13H,5,8-9,14H2,1H3,(H,20,21,23). The summed E-state index contributed by atoms with van der Waals surface area (Å²) in [6.07, 6.45) is 4.21.